The van der Waals surface area contributed by atoms with Crippen molar-refractivity contribution in [2.45, 2.75) is 0 Å². The molecule has 0 bridgehead atoms. The first kappa shape index (κ1) is 60.4. The van der Waals surface area contributed by atoms with Crippen molar-refractivity contribution in [1.82, 2.24) is 0 Å². The van der Waals surface area contributed by atoms with Crippen molar-refractivity contribution in [3.8, 4) is 0 Å². The molecule has 3 N–H and O–H groups in total. The van der Waals surface area contributed by atoms with E-state index in [9.17, 15) is 86.1 Å². The Balaban J connectivity index is 0. The summed E-state index contributed by atoms with van der Waals surface area (Å²) in [6.45, 7) is 0. The molecule has 0 heterocycles. The zero-order chi connectivity index (χ0) is 43.0. The Labute approximate surface area is 363 Å². The van der Waals surface area contributed by atoms with Crippen molar-refractivity contribution in [2.24, 2.45) is 0 Å². The number of hydrogen-bond donors (Lipinski definition) is 3. The molecule has 0 atom stereocenters. The summed E-state index contributed by atoms with van der Waals surface area (Å²) >= 11 is -97.4. The van der Waals surface area contributed by atoms with Gasteiger partial charge in [-0.25, -0.2) is 0 Å². The molecule has 0 aromatic heterocycles. The van der Waals surface area contributed by atoms with Gasteiger partial charge < -0.3 is 0 Å². The van der Waals surface area contributed by atoms with Crippen LogP contribution in [0.3, 0.4) is 0 Å². The minimum atomic E-state index is -8.79. The first-order valence-corrected chi connectivity index (χ1v) is 49.8. The van der Waals surface area contributed by atoms with Gasteiger partial charge >= 0.3 is 372 Å². The molecule has 0 unspecified atom stereocenters. The predicted molar refractivity (Wildman–Crippen MR) is 49.5 cm³/mol. The van der Waals surface area contributed by atoms with Gasteiger partial charge in [0, 0.05) is 0 Å². The quantitative estimate of drug-likeness (QED) is 0.0602. The molecule has 320 valence electrons. The smallest absolute Gasteiger partial charge is 2.00 e. The summed E-state index contributed by atoms with van der Waals surface area (Å²) in [6.07, 6.45) is 0. The van der Waals surface area contributed by atoms with Crippen molar-refractivity contribution in [3.63, 3.8) is 0 Å². The summed E-state index contributed by atoms with van der Waals surface area (Å²) in [5.74, 6) is 0. The Morgan fingerprint density at radius 2 is 0.389 bits per heavy atom. The van der Waals surface area contributed by atoms with Gasteiger partial charge in [0.15, 0.2) is 0 Å². The van der Waals surface area contributed by atoms with Crippen molar-refractivity contribution >= 4 is 45.6 Å². The number of hydrogen-bond acceptors (Lipinski definition) is 37. The first-order chi connectivity index (χ1) is 22.5. The third kappa shape index (κ3) is 29.6. The zero-order valence-corrected chi connectivity index (χ0v) is 49.7. The van der Waals surface area contributed by atoms with Crippen LogP contribution in [0.25, 0.3) is 0 Å². The standard InChI is InChI=1S/Ca.12Mo.H3O4P.3H2O.33O/c;;;;;;;;;;;;;1-5(2,3)4;;;;;;;;;;;;;;;;;;;;;;;;;;;;;;;;;;;;/h;;;;;;;;;;;;;(H3,1,2,3,4);3*1H2;;;;;;;;;;;;;;;;;;;;;;;;;;;;;;;;;/q+2;;;;;;;6*+1;;;;;;;;;;;;;;;;;;;;;;;;;;;;;;;;;;;;;/p-6. The van der Waals surface area contributed by atoms with Crippen LogP contribution in [-0.4, -0.2) is 49.0 Å². The Kier molecular flexibility index (Phi) is 22.9. The predicted octanol–water partition coefficient (Wildman–Crippen LogP) is -5.01. The van der Waals surface area contributed by atoms with E-state index in [-0.39, 0.29) is 37.7 Å². The molecule has 54 heavy (non-hydrogen) atoms. The summed E-state index contributed by atoms with van der Waals surface area (Å²) in [5.41, 5.74) is 0. The minimum Gasteiger partial charge on any atom is 2.00 e. The van der Waals surface area contributed by atoms with Crippen molar-refractivity contribution < 1.29 is 326 Å². The fraction of sp³-hybridized carbons (Fsp3) is 0. The number of rotatable bonds is 24. The average Bonchev–Trinajstić information content (AvgIpc) is 2.58. The van der Waals surface area contributed by atoms with E-state index in [0.717, 1.165) is 0 Å². The van der Waals surface area contributed by atoms with Crippen molar-refractivity contribution in [3.05, 3.63) is 0 Å². The zero-order valence-electron chi connectivity index (χ0n) is 22.5. The first-order valence-electron chi connectivity index (χ1n) is 8.78. The van der Waals surface area contributed by atoms with E-state index in [1.807, 2.05) is 0 Å². The van der Waals surface area contributed by atoms with E-state index < -0.39 is 209 Å². The molecule has 0 saturated carbocycles. The van der Waals surface area contributed by atoms with E-state index in [4.69, 9.17) is 11.3 Å². The molecule has 0 aromatic carbocycles. The van der Waals surface area contributed by atoms with E-state index in [0.29, 0.717) is 0 Å². The Bertz CT molecular complexity index is 2510. The molecule has 0 aliphatic rings. The maximum Gasteiger partial charge on any atom is 2.00 e. The van der Waals surface area contributed by atoms with Gasteiger partial charge in [0.25, 0.3) is 0 Å². The van der Waals surface area contributed by atoms with Gasteiger partial charge in [0.1, 0.15) is 0 Å². The van der Waals surface area contributed by atoms with E-state index >= 15 is 0 Å². The molecule has 40 nitrogen and oxygen atoms in total. The molecule has 0 spiro atoms. The largest absolute Gasteiger partial charge is 2.00 e. The Hall–Kier alpha value is 4.35. The van der Waals surface area contributed by atoms with Crippen molar-refractivity contribution in [2.75, 3.05) is 0 Å². The fourth-order valence-corrected chi connectivity index (χ4v) is 60.4. The summed E-state index contributed by atoms with van der Waals surface area (Å²) in [6, 6.07) is 0. The second kappa shape index (κ2) is 20.5. The maximum atomic E-state index is 12.8. The molecule has 0 fully saturated rings. The SMILES string of the molecule is O=P([O][Mo](=[O])(=[O])[O][Mo](=[O])(=[O])[O][Mo](=[O])(=[O])[O][Mo](=[O])(=[O])[OH])([O][Mo](=[O])(=[O])[O][Mo](=[O])(=[O])[O][Mo](=[O])(=[O])[O][Mo](=[O])(=[O])[OH])[O][Mo](=[O])(=[O])[O][Mo](=[O])(=[O])[O][Mo](=[O])(=[O])[O][Mo](=[O])(=[O])[OH].[Ca+2]. The molecule has 54 heteroatoms. The molecule has 0 aromatic rings. The topological polar surface area (TPSA) is 598 Å². The third-order valence-electron chi connectivity index (χ3n) is 2.06. The van der Waals surface area contributed by atoms with Crippen LogP contribution in [0.5, 0.6) is 0 Å². The van der Waals surface area contributed by atoms with Crippen LogP contribution in [0.1, 0.15) is 0 Å². The van der Waals surface area contributed by atoms with Gasteiger partial charge in [0.2, 0.25) is 0 Å². The van der Waals surface area contributed by atoms with Gasteiger partial charge in [0.05, 0.1) is 0 Å². The van der Waals surface area contributed by atoms with Crippen LogP contribution in [0.2, 0.25) is 0 Å². The van der Waals surface area contributed by atoms with Gasteiger partial charge in [-0.1, -0.05) is 0 Å². The van der Waals surface area contributed by atoms with Crippen LogP contribution in [-0.2, 0) is 315 Å². The van der Waals surface area contributed by atoms with E-state index in [1.165, 1.54) is 0 Å². The summed E-state index contributed by atoms with van der Waals surface area (Å²) in [7, 11) is -7.91. The molecular formula is H3CaMo12O40P+2. The van der Waals surface area contributed by atoms with Crippen LogP contribution in [0.15, 0.2) is 0 Å². The van der Waals surface area contributed by atoms with Crippen LogP contribution in [0.4, 0.5) is 0 Å². The van der Waals surface area contributed by atoms with Crippen molar-refractivity contribution in [1.29, 1.82) is 0 Å². The van der Waals surface area contributed by atoms with Gasteiger partial charge in [-0.15, -0.1) is 0 Å². The third-order valence-corrected chi connectivity index (χ3v) is 62.5. The van der Waals surface area contributed by atoms with E-state index in [1.54, 1.807) is 0 Å². The number of phosphoric acid groups is 1. The average molecular weight is 1870 g/mol. The van der Waals surface area contributed by atoms with Gasteiger partial charge in [-0.3, -0.25) is 0 Å². The van der Waals surface area contributed by atoms with Crippen LogP contribution >= 0.6 is 7.82 Å². The molecule has 0 rings (SSSR count). The summed E-state index contributed by atoms with van der Waals surface area (Å²) < 4.78 is 347. The molecule has 0 saturated heterocycles. The fourth-order valence-electron chi connectivity index (χ4n) is 1.41. The van der Waals surface area contributed by atoms with Gasteiger partial charge in [-0.05, 0) is 0 Å². The van der Waals surface area contributed by atoms with Crippen LogP contribution in [0, 0.1) is 0 Å². The molecule has 0 radical (unpaired) electrons. The molecule has 0 aliphatic heterocycles. The Morgan fingerprint density at radius 1 is 0.259 bits per heavy atom. The second-order valence-electron chi connectivity index (χ2n) is 6.24. The van der Waals surface area contributed by atoms with Gasteiger partial charge in [-0.2, -0.15) is 0 Å². The molecule has 0 aliphatic carbocycles. The minimum absolute atomic E-state index is 0. The summed E-state index contributed by atoms with van der Waals surface area (Å²) in [4.78, 5) is 0. The molecular weight excluding hydrogens is 1860 g/mol. The maximum absolute atomic E-state index is 12.8. The molecule has 0 amide bonds. The van der Waals surface area contributed by atoms with E-state index in [2.05, 4.69) is 27.9 Å². The monoisotopic (exact) mass is 1890 g/mol. The second-order valence-corrected chi connectivity index (χ2v) is 56.1. The Morgan fingerprint density at radius 3 is 0.537 bits per heavy atom. The normalized spacial score (nSPS) is 15.3. The van der Waals surface area contributed by atoms with Crippen LogP contribution < -0.4 is 0 Å². The summed E-state index contributed by atoms with van der Waals surface area (Å²) in [5, 5.41) is 0.